The first kappa shape index (κ1) is 13.1. The van der Waals surface area contributed by atoms with Crippen molar-refractivity contribution in [3.05, 3.63) is 16.8 Å². The fourth-order valence-electron chi connectivity index (χ4n) is 2.71. The average Bonchev–Trinajstić information content (AvgIpc) is 2.96. The first-order valence-electron chi connectivity index (χ1n) is 6.98. The third kappa shape index (κ3) is 2.32. The van der Waals surface area contributed by atoms with Crippen molar-refractivity contribution in [2.24, 2.45) is 7.05 Å². The van der Waals surface area contributed by atoms with Gasteiger partial charge in [0.05, 0.1) is 0 Å². The molecule has 0 saturated heterocycles. The van der Waals surface area contributed by atoms with Gasteiger partial charge in [-0.05, 0) is 53.4 Å². The summed E-state index contributed by atoms with van der Waals surface area (Å²) in [5.74, 6) is 0. The molecule has 0 fully saturated rings. The smallest absolute Gasteiger partial charge is 0.215 e. The maximum atomic E-state index is 4.48. The number of tetrazole rings is 1. The van der Waals surface area contributed by atoms with Gasteiger partial charge in [-0.15, -0.1) is 16.4 Å². The largest absolute Gasteiger partial charge is 0.229 e. The van der Waals surface area contributed by atoms with Crippen LogP contribution in [-0.2, 0) is 19.9 Å². The molecule has 0 N–H and O–H groups in total. The van der Waals surface area contributed by atoms with Crippen LogP contribution in [0.1, 0.15) is 29.7 Å². The molecule has 3 heterocycles. The summed E-state index contributed by atoms with van der Waals surface area (Å²) < 4.78 is 1.67. The minimum atomic E-state index is 0.753. The van der Waals surface area contributed by atoms with Crippen molar-refractivity contribution in [3.8, 4) is 0 Å². The molecule has 0 bridgehead atoms. The number of hydrogen-bond donors (Lipinski definition) is 0. The molecular formula is C13H14N6S2. The van der Waals surface area contributed by atoms with Gasteiger partial charge in [0.2, 0.25) is 5.16 Å². The highest BCUT2D eigenvalue weighted by molar-refractivity contribution is 7.99. The zero-order valence-corrected chi connectivity index (χ0v) is 13.2. The van der Waals surface area contributed by atoms with Crippen molar-refractivity contribution >= 4 is 33.3 Å². The molecule has 0 saturated carbocycles. The molecule has 0 aliphatic heterocycles. The number of nitrogens with zero attached hydrogens (tertiary/aromatic N) is 6. The van der Waals surface area contributed by atoms with Crippen molar-refractivity contribution in [2.45, 2.75) is 42.3 Å². The second-order valence-corrected chi connectivity index (χ2v) is 7.15. The van der Waals surface area contributed by atoms with Crippen LogP contribution in [0.15, 0.2) is 16.5 Å². The van der Waals surface area contributed by atoms with Gasteiger partial charge in [0.25, 0.3) is 0 Å². The summed E-state index contributed by atoms with van der Waals surface area (Å²) in [7, 11) is 1.84. The van der Waals surface area contributed by atoms with E-state index in [0.29, 0.717) is 0 Å². The highest BCUT2D eigenvalue weighted by Crippen LogP contribution is 2.39. The SMILES string of the molecule is Cn1nnnc1Sc1ncnc2sc3c(c12)CCCCC3. The van der Waals surface area contributed by atoms with Gasteiger partial charge in [0.15, 0.2) is 0 Å². The van der Waals surface area contributed by atoms with Crippen molar-refractivity contribution < 1.29 is 0 Å². The lowest BCUT2D eigenvalue weighted by Crippen LogP contribution is -1.95. The van der Waals surface area contributed by atoms with Crippen LogP contribution in [0.3, 0.4) is 0 Å². The van der Waals surface area contributed by atoms with Crippen molar-refractivity contribution in [1.29, 1.82) is 0 Å². The Labute approximate surface area is 130 Å². The topological polar surface area (TPSA) is 69.4 Å². The van der Waals surface area contributed by atoms with E-state index in [1.807, 2.05) is 18.4 Å². The fourth-order valence-corrected chi connectivity index (χ4v) is 4.84. The Morgan fingerprint density at radius 2 is 2.10 bits per heavy atom. The van der Waals surface area contributed by atoms with Gasteiger partial charge in [0, 0.05) is 17.3 Å². The maximum Gasteiger partial charge on any atom is 0.215 e. The summed E-state index contributed by atoms with van der Waals surface area (Å²) in [6.07, 6.45) is 7.79. The van der Waals surface area contributed by atoms with Crippen LogP contribution in [0.2, 0.25) is 0 Å². The van der Waals surface area contributed by atoms with E-state index < -0.39 is 0 Å². The van der Waals surface area contributed by atoms with Crippen molar-refractivity contribution in [2.75, 3.05) is 0 Å². The average molecular weight is 318 g/mol. The Kier molecular flexibility index (Phi) is 3.34. The predicted molar refractivity (Wildman–Crippen MR) is 81.6 cm³/mol. The van der Waals surface area contributed by atoms with E-state index in [-0.39, 0.29) is 0 Å². The van der Waals surface area contributed by atoms with E-state index in [1.54, 1.807) is 11.0 Å². The minimum Gasteiger partial charge on any atom is -0.229 e. The van der Waals surface area contributed by atoms with E-state index >= 15 is 0 Å². The first-order valence-corrected chi connectivity index (χ1v) is 8.61. The second-order valence-electron chi connectivity index (χ2n) is 5.11. The second kappa shape index (κ2) is 5.34. The lowest BCUT2D eigenvalue weighted by Gasteiger charge is -2.03. The van der Waals surface area contributed by atoms with Crippen LogP contribution in [0.25, 0.3) is 10.2 Å². The molecule has 0 amide bonds. The van der Waals surface area contributed by atoms with Gasteiger partial charge in [0.1, 0.15) is 16.2 Å². The lowest BCUT2D eigenvalue weighted by molar-refractivity contribution is 0.664. The van der Waals surface area contributed by atoms with E-state index in [2.05, 4.69) is 25.5 Å². The van der Waals surface area contributed by atoms with Gasteiger partial charge < -0.3 is 0 Å². The zero-order valence-electron chi connectivity index (χ0n) is 11.6. The number of rotatable bonds is 2. The van der Waals surface area contributed by atoms with Crippen molar-refractivity contribution in [1.82, 2.24) is 30.2 Å². The summed E-state index contributed by atoms with van der Waals surface area (Å²) in [6.45, 7) is 0. The Morgan fingerprint density at radius 3 is 2.95 bits per heavy atom. The molecule has 0 spiro atoms. The molecule has 0 unspecified atom stereocenters. The van der Waals surface area contributed by atoms with E-state index in [0.717, 1.165) is 21.4 Å². The number of hydrogen-bond acceptors (Lipinski definition) is 7. The zero-order chi connectivity index (χ0) is 14.2. The minimum absolute atomic E-state index is 0.753. The molecule has 108 valence electrons. The van der Waals surface area contributed by atoms with Crippen LogP contribution in [0.5, 0.6) is 0 Å². The molecule has 1 aliphatic carbocycles. The van der Waals surface area contributed by atoms with E-state index in [4.69, 9.17) is 0 Å². The van der Waals surface area contributed by atoms with Crippen molar-refractivity contribution in [3.63, 3.8) is 0 Å². The number of aryl methyl sites for hydroxylation is 3. The molecule has 0 radical (unpaired) electrons. The van der Waals surface area contributed by atoms with Crippen LogP contribution >= 0.6 is 23.1 Å². The fraction of sp³-hybridized carbons (Fsp3) is 0.462. The Bertz CT molecular complexity index is 793. The third-order valence-electron chi connectivity index (χ3n) is 3.74. The Balaban J connectivity index is 1.85. The van der Waals surface area contributed by atoms with Gasteiger partial charge in [-0.2, -0.15) is 0 Å². The molecule has 21 heavy (non-hydrogen) atoms. The molecular weight excluding hydrogens is 304 g/mol. The Morgan fingerprint density at radius 1 is 1.19 bits per heavy atom. The van der Waals surface area contributed by atoms with Gasteiger partial charge in [-0.3, -0.25) is 0 Å². The van der Waals surface area contributed by atoms with Gasteiger partial charge >= 0.3 is 0 Å². The molecule has 1 aliphatic rings. The first-order chi connectivity index (χ1) is 10.3. The standard InChI is InChI=1S/C13H14N6S2/c1-19-13(16-17-18-19)21-12-10-8-5-3-2-4-6-9(8)20-11(10)14-7-15-12/h7H,2-6H2,1H3. The van der Waals surface area contributed by atoms with Crippen LogP contribution < -0.4 is 0 Å². The molecule has 4 rings (SSSR count). The number of fused-ring (bicyclic) bond motifs is 3. The highest BCUT2D eigenvalue weighted by Gasteiger charge is 2.20. The summed E-state index contributed by atoms with van der Waals surface area (Å²) in [5.41, 5.74) is 1.45. The van der Waals surface area contributed by atoms with Crippen LogP contribution in [-0.4, -0.2) is 30.2 Å². The third-order valence-corrected chi connectivity index (χ3v) is 5.97. The molecule has 3 aromatic rings. The van der Waals surface area contributed by atoms with Gasteiger partial charge in [-0.25, -0.2) is 14.6 Å². The van der Waals surface area contributed by atoms with E-state index in [9.17, 15) is 0 Å². The molecule has 3 aromatic heterocycles. The molecule has 0 aromatic carbocycles. The normalized spacial score (nSPS) is 15.1. The summed E-state index contributed by atoms with van der Waals surface area (Å²) in [5, 5.41) is 14.5. The number of aromatic nitrogens is 6. The monoisotopic (exact) mass is 318 g/mol. The van der Waals surface area contributed by atoms with Crippen LogP contribution in [0, 0.1) is 0 Å². The summed E-state index contributed by atoms with van der Waals surface area (Å²) >= 11 is 3.34. The number of thiophene rings is 1. The van der Waals surface area contributed by atoms with Crippen LogP contribution in [0.4, 0.5) is 0 Å². The highest BCUT2D eigenvalue weighted by atomic mass is 32.2. The predicted octanol–water partition coefficient (Wildman–Crippen LogP) is 2.63. The summed E-state index contributed by atoms with van der Waals surface area (Å²) in [4.78, 5) is 11.5. The van der Waals surface area contributed by atoms with E-state index in [1.165, 1.54) is 53.3 Å². The maximum absolute atomic E-state index is 4.48. The Hall–Kier alpha value is -1.54. The molecule has 6 nitrogen and oxygen atoms in total. The molecule has 0 atom stereocenters. The lowest BCUT2D eigenvalue weighted by atomic mass is 10.1. The quantitative estimate of drug-likeness (QED) is 0.534. The molecule has 8 heteroatoms. The van der Waals surface area contributed by atoms with Gasteiger partial charge in [-0.1, -0.05) is 6.42 Å². The summed E-state index contributed by atoms with van der Waals surface area (Å²) in [6, 6.07) is 0.